The molecule has 116 valence electrons. The second-order valence-corrected chi connectivity index (χ2v) is 5.75. The van der Waals surface area contributed by atoms with Gasteiger partial charge in [0.1, 0.15) is 5.54 Å². The molecule has 21 heavy (non-hydrogen) atoms. The molecule has 0 aliphatic heterocycles. The number of nitrogens with two attached hydrogens (primary N) is 1. The maximum atomic E-state index is 12.7. The SMILES string of the molecule is Cc1ccc(NC2(C(N)=O)CCC(C(F)(F)F)CC2)cc1. The monoisotopic (exact) mass is 300 g/mol. The van der Waals surface area contributed by atoms with Gasteiger partial charge in [-0.15, -0.1) is 0 Å². The van der Waals surface area contributed by atoms with E-state index in [0.29, 0.717) is 5.69 Å². The number of hydrogen-bond acceptors (Lipinski definition) is 2. The highest BCUT2D eigenvalue weighted by Gasteiger charge is 2.48. The average Bonchev–Trinajstić information content (AvgIpc) is 2.41. The van der Waals surface area contributed by atoms with Crippen LogP contribution in [0.3, 0.4) is 0 Å². The zero-order chi connectivity index (χ0) is 15.7. The molecule has 2 rings (SSSR count). The summed E-state index contributed by atoms with van der Waals surface area (Å²) in [6.07, 6.45) is -4.16. The lowest BCUT2D eigenvalue weighted by Gasteiger charge is -2.39. The molecular formula is C15H19F3N2O. The quantitative estimate of drug-likeness (QED) is 0.899. The molecule has 3 N–H and O–H groups in total. The number of aryl methyl sites for hydroxylation is 1. The molecule has 1 aliphatic carbocycles. The van der Waals surface area contributed by atoms with E-state index in [9.17, 15) is 18.0 Å². The van der Waals surface area contributed by atoms with Gasteiger partial charge in [-0.25, -0.2) is 0 Å². The van der Waals surface area contributed by atoms with Gasteiger partial charge in [0, 0.05) is 5.69 Å². The van der Waals surface area contributed by atoms with Crippen molar-refractivity contribution in [3.8, 4) is 0 Å². The zero-order valence-corrected chi connectivity index (χ0v) is 11.8. The molecule has 1 aromatic rings. The molecule has 1 saturated carbocycles. The average molecular weight is 300 g/mol. The van der Waals surface area contributed by atoms with Crippen LogP contribution in [0.15, 0.2) is 24.3 Å². The highest BCUT2D eigenvalue weighted by molar-refractivity contribution is 5.88. The van der Waals surface area contributed by atoms with E-state index >= 15 is 0 Å². The van der Waals surface area contributed by atoms with E-state index in [1.807, 2.05) is 19.1 Å². The number of alkyl halides is 3. The molecule has 0 heterocycles. The molecule has 6 heteroatoms. The summed E-state index contributed by atoms with van der Waals surface area (Å²) < 4.78 is 38.2. The summed E-state index contributed by atoms with van der Waals surface area (Å²) >= 11 is 0. The number of halogens is 3. The molecule has 0 atom stereocenters. The van der Waals surface area contributed by atoms with Gasteiger partial charge in [-0.3, -0.25) is 4.79 Å². The Morgan fingerprint density at radius 3 is 2.19 bits per heavy atom. The number of carbonyl (C=O) groups excluding carboxylic acids is 1. The van der Waals surface area contributed by atoms with Crippen molar-refractivity contribution < 1.29 is 18.0 Å². The standard InChI is InChI=1S/C15H19F3N2O/c1-10-2-4-12(5-3-10)20-14(13(19)21)8-6-11(7-9-14)15(16,17)18/h2-5,11,20H,6-9H2,1H3,(H2,19,21). The first-order chi connectivity index (χ1) is 9.73. The highest BCUT2D eigenvalue weighted by atomic mass is 19.4. The topological polar surface area (TPSA) is 55.1 Å². The van der Waals surface area contributed by atoms with Crippen LogP contribution in [0.25, 0.3) is 0 Å². The predicted octanol–water partition coefficient (Wildman–Crippen LogP) is 3.38. The summed E-state index contributed by atoms with van der Waals surface area (Å²) in [5.74, 6) is -1.94. The molecule has 0 bridgehead atoms. The normalized spacial score (nSPS) is 26.4. The lowest BCUT2D eigenvalue weighted by molar-refractivity contribution is -0.184. The second-order valence-electron chi connectivity index (χ2n) is 5.75. The van der Waals surface area contributed by atoms with Crippen molar-refractivity contribution in [1.29, 1.82) is 0 Å². The minimum atomic E-state index is -4.20. The fourth-order valence-corrected chi connectivity index (χ4v) is 2.78. The van der Waals surface area contributed by atoms with Crippen LogP contribution >= 0.6 is 0 Å². The van der Waals surface area contributed by atoms with Crippen LogP contribution < -0.4 is 11.1 Å². The first-order valence-electron chi connectivity index (χ1n) is 6.94. The van der Waals surface area contributed by atoms with Crippen molar-refractivity contribution in [2.24, 2.45) is 11.7 Å². The van der Waals surface area contributed by atoms with Gasteiger partial charge in [-0.2, -0.15) is 13.2 Å². The lowest BCUT2D eigenvalue weighted by atomic mass is 9.75. The van der Waals surface area contributed by atoms with Gasteiger partial charge in [0.25, 0.3) is 0 Å². The third-order valence-electron chi connectivity index (χ3n) is 4.21. The van der Waals surface area contributed by atoms with Crippen molar-refractivity contribution in [3.63, 3.8) is 0 Å². The van der Waals surface area contributed by atoms with Crippen molar-refractivity contribution in [2.45, 2.75) is 44.3 Å². The maximum Gasteiger partial charge on any atom is 0.391 e. The number of amides is 1. The first kappa shape index (κ1) is 15.7. The van der Waals surface area contributed by atoms with E-state index in [4.69, 9.17) is 5.73 Å². The van der Waals surface area contributed by atoms with Gasteiger partial charge < -0.3 is 11.1 Å². The Balaban J connectivity index is 2.13. The Kier molecular flexibility index (Phi) is 4.16. The Morgan fingerprint density at radius 1 is 1.24 bits per heavy atom. The summed E-state index contributed by atoms with van der Waals surface area (Å²) in [5, 5.41) is 3.05. The molecule has 1 amide bonds. The van der Waals surface area contributed by atoms with Gasteiger partial charge in [0.15, 0.2) is 0 Å². The van der Waals surface area contributed by atoms with E-state index in [2.05, 4.69) is 5.32 Å². The van der Waals surface area contributed by atoms with E-state index in [-0.39, 0.29) is 25.7 Å². The van der Waals surface area contributed by atoms with Crippen LogP contribution in [0.1, 0.15) is 31.2 Å². The molecule has 1 fully saturated rings. The molecule has 1 aromatic carbocycles. The van der Waals surface area contributed by atoms with Crippen molar-refractivity contribution >= 4 is 11.6 Å². The third-order valence-corrected chi connectivity index (χ3v) is 4.21. The van der Waals surface area contributed by atoms with Crippen LogP contribution in [0.5, 0.6) is 0 Å². The predicted molar refractivity (Wildman–Crippen MR) is 74.7 cm³/mol. The Labute approximate surface area is 121 Å². The van der Waals surface area contributed by atoms with Crippen LogP contribution in [-0.2, 0) is 4.79 Å². The van der Waals surface area contributed by atoms with E-state index in [1.54, 1.807) is 12.1 Å². The van der Waals surface area contributed by atoms with Crippen LogP contribution in [0, 0.1) is 12.8 Å². The number of nitrogens with one attached hydrogen (secondary N) is 1. The molecular weight excluding hydrogens is 281 g/mol. The molecule has 0 saturated heterocycles. The summed E-state index contributed by atoms with van der Waals surface area (Å²) in [5.41, 5.74) is 6.13. The van der Waals surface area contributed by atoms with Crippen LogP contribution in [0.2, 0.25) is 0 Å². The van der Waals surface area contributed by atoms with E-state index in [1.165, 1.54) is 0 Å². The van der Waals surface area contributed by atoms with E-state index in [0.717, 1.165) is 5.56 Å². The summed E-state index contributed by atoms with van der Waals surface area (Å²) in [6, 6.07) is 7.35. The van der Waals surface area contributed by atoms with Gasteiger partial charge in [-0.05, 0) is 44.7 Å². The van der Waals surface area contributed by atoms with Gasteiger partial charge in [0.05, 0.1) is 5.92 Å². The minimum Gasteiger partial charge on any atom is -0.371 e. The van der Waals surface area contributed by atoms with E-state index < -0.39 is 23.5 Å². The number of benzene rings is 1. The Hall–Kier alpha value is -1.72. The van der Waals surface area contributed by atoms with Crippen molar-refractivity contribution in [2.75, 3.05) is 5.32 Å². The first-order valence-corrected chi connectivity index (χ1v) is 6.94. The Bertz CT molecular complexity index is 503. The van der Waals surface area contributed by atoms with Gasteiger partial charge >= 0.3 is 6.18 Å². The number of rotatable bonds is 3. The largest absolute Gasteiger partial charge is 0.391 e. The summed E-state index contributed by atoms with van der Waals surface area (Å²) in [6.45, 7) is 1.93. The zero-order valence-electron chi connectivity index (χ0n) is 11.8. The molecule has 0 radical (unpaired) electrons. The smallest absolute Gasteiger partial charge is 0.371 e. The van der Waals surface area contributed by atoms with Gasteiger partial charge in [-0.1, -0.05) is 17.7 Å². The molecule has 3 nitrogen and oxygen atoms in total. The maximum absolute atomic E-state index is 12.7. The van der Waals surface area contributed by atoms with Crippen molar-refractivity contribution in [3.05, 3.63) is 29.8 Å². The van der Waals surface area contributed by atoms with Crippen molar-refractivity contribution in [1.82, 2.24) is 0 Å². The second kappa shape index (κ2) is 5.58. The molecule has 0 aromatic heterocycles. The highest BCUT2D eigenvalue weighted by Crippen LogP contribution is 2.42. The molecule has 0 unspecified atom stereocenters. The molecule has 1 aliphatic rings. The number of hydrogen-bond donors (Lipinski definition) is 2. The fourth-order valence-electron chi connectivity index (χ4n) is 2.78. The summed E-state index contributed by atoms with van der Waals surface area (Å²) in [4.78, 5) is 11.8. The van der Waals surface area contributed by atoms with Crippen LogP contribution in [-0.4, -0.2) is 17.6 Å². The number of anilines is 1. The fraction of sp³-hybridized carbons (Fsp3) is 0.533. The lowest BCUT2D eigenvalue weighted by Crippen LogP contribution is -2.53. The molecule has 0 spiro atoms. The number of carbonyl (C=O) groups is 1. The Morgan fingerprint density at radius 2 is 1.76 bits per heavy atom. The third kappa shape index (κ3) is 3.49. The summed E-state index contributed by atoms with van der Waals surface area (Å²) in [7, 11) is 0. The number of primary amides is 1. The minimum absolute atomic E-state index is 0.0781. The van der Waals surface area contributed by atoms with Gasteiger partial charge in [0.2, 0.25) is 5.91 Å². The van der Waals surface area contributed by atoms with Crippen LogP contribution in [0.4, 0.5) is 18.9 Å².